The van der Waals surface area contributed by atoms with Crippen LogP contribution in [0.5, 0.6) is 0 Å². The van der Waals surface area contributed by atoms with Crippen molar-refractivity contribution in [2.24, 2.45) is 0 Å². The van der Waals surface area contributed by atoms with Crippen LogP contribution in [0.4, 0.5) is 39.5 Å². The summed E-state index contributed by atoms with van der Waals surface area (Å²) in [5.74, 6) is 0. The lowest BCUT2D eigenvalue weighted by atomic mass is 9.90. The van der Waals surface area contributed by atoms with Gasteiger partial charge >= 0.3 is 18.5 Å². The van der Waals surface area contributed by atoms with Gasteiger partial charge in [-0.05, 0) is 53.1 Å². The SMILES string of the molecule is N#Cc1c(-c2ccc(C(F)(F)F)cc2)cc(-c2ccc(C(F)(F)F)cc2)cc1C(F)(F)F. The number of hydrogen-bond donors (Lipinski definition) is 0. The van der Waals surface area contributed by atoms with E-state index in [0.717, 1.165) is 30.3 Å². The highest BCUT2D eigenvalue weighted by molar-refractivity contribution is 5.80. The summed E-state index contributed by atoms with van der Waals surface area (Å²) in [6.07, 6.45) is -14.3. The largest absolute Gasteiger partial charge is 0.417 e. The Bertz CT molecular complexity index is 1160. The summed E-state index contributed by atoms with van der Waals surface area (Å²) in [5, 5.41) is 9.34. The molecule has 0 aliphatic heterocycles. The molecule has 0 N–H and O–H groups in total. The third kappa shape index (κ3) is 4.72. The first-order chi connectivity index (χ1) is 14.7. The van der Waals surface area contributed by atoms with Crippen molar-refractivity contribution in [3.63, 3.8) is 0 Å². The maximum absolute atomic E-state index is 13.6. The molecule has 0 aliphatic rings. The monoisotopic (exact) mass is 459 g/mol. The average molecular weight is 459 g/mol. The summed E-state index contributed by atoms with van der Waals surface area (Å²) in [7, 11) is 0. The summed E-state index contributed by atoms with van der Waals surface area (Å²) < 4.78 is 118. The zero-order valence-electron chi connectivity index (χ0n) is 15.6. The highest BCUT2D eigenvalue weighted by Crippen LogP contribution is 2.41. The minimum atomic E-state index is -4.99. The van der Waals surface area contributed by atoms with Crippen molar-refractivity contribution in [2.45, 2.75) is 18.5 Å². The molecule has 10 heteroatoms. The van der Waals surface area contributed by atoms with Crippen LogP contribution in [-0.2, 0) is 18.5 Å². The quantitative estimate of drug-likeness (QED) is 0.357. The molecular formula is C22H10F9N. The summed E-state index contributed by atoms with van der Waals surface area (Å²) >= 11 is 0. The molecule has 0 bridgehead atoms. The summed E-state index contributed by atoms with van der Waals surface area (Å²) in [6, 6.07) is 9.68. The van der Waals surface area contributed by atoms with E-state index >= 15 is 0 Å². The molecule has 0 amide bonds. The van der Waals surface area contributed by atoms with E-state index < -0.39 is 40.8 Å². The van der Waals surface area contributed by atoms with Crippen LogP contribution in [0.2, 0.25) is 0 Å². The van der Waals surface area contributed by atoms with Crippen LogP contribution in [0.1, 0.15) is 22.3 Å². The molecule has 0 spiro atoms. The van der Waals surface area contributed by atoms with Crippen molar-refractivity contribution in [1.29, 1.82) is 5.26 Å². The van der Waals surface area contributed by atoms with Crippen LogP contribution in [0.15, 0.2) is 60.7 Å². The third-order valence-corrected chi connectivity index (χ3v) is 4.62. The molecule has 1 nitrogen and oxygen atoms in total. The summed E-state index contributed by atoms with van der Waals surface area (Å²) in [5.41, 5.74) is -4.75. The number of benzene rings is 3. The lowest BCUT2D eigenvalue weighted by Crippen LogP contribution is -2.10. The number of hydrogen-bond acceptors (Lipinski definition) is 1. The number of nitriles is 1. The van der Waals surface area contributed by atoms with Gasteiger partial charge in [0.05, 0.1) is 22.3 Å². The Balaban J connectivity index is 2.22. The van der Waals surface area contributed by atoms with Crippen LogP contribution in [0, 0.1) is 11.3 Å². The van der Waals surface area contributed by atoms with E-state index in [-0.39, 0.29) is 22.3 Å². The molecule has 0 atom stereocenters. The van der Waals surface area contributed by atoms with E-state index in [2.05, 4.69) is 0 Å². The smallest absolute Gasteiger partial charge is 0.192 e. The molecule has 0 fully saturated rings. The molecule has 0 radical (unpaired) electrons. The van der Waals surface area contributed by atoms with E-state index in [1.807, 2.05) is 0 Å². The Hall–Kier alpha value is -3.48. The zero-order chi connectivity index (χ0) is 23.9. The normalized spacial score (nSPS) is 12.5. The van der Waals surface area contributed by atoms with Crippen LogP contribution in [-0.4, -0.2) is 0 Å². The van der Waals surface area contributed by atoms with Crippen LogP contribution in [0.25, 0.3) is 22.3 Å². The molecule has 3 aromatic carbocycles. The molecule has 166 valence electrons. The molecule has 3 aromatic rings. The Morgan fingerprint density at radius 2 is 0.969 bits per heavy atom. The van der Waals surface area contributed by atoms with E-state index in [4.69, 9.17) is 0 Å². The number of rotatable bonds is 2. The fraction of sp³-hybridized carbons (Fsp3) is 0.136. The van der Waals surface area contributed by atoms with Crippen molar-refractivity contribution >= 4 is 0 Å². The Morgan fingerprint density at radius 3 is 1.34 bits per heavy atom. The van der Waals surface area contributed by atoms with Gasteiger partial charge in [0.25, 0.3) is 0 Å². The van der Waals surface area contributed by atoms with Gasteiger partial charge in [-0.25, -0.2) is 0 Å². The van der Waals surface area contributed by atoms with E-state index in [0.29, 0.717) is 30.3 Å². The van der Waals surface area contributed by atoms with E-state index in [1.54, 1.807) is 0 Å². The number of halogens is 9. The molecule has 0 aliphatic carbocycles. The van der Waals surface area contributed by atoms with Crippen LogP contribution >= 0.6 is 0 Å². The molecule has 0 saturated heterocycles. The van der Waals surface area contributed by atoms with Crippen molar-refractivity contribution < 1.29 is 39.5 Å². The second-order valence-corrected chi connectivity index (χ2v) is 6.71. The predicted molar refractivity (Wildman–Crippen MR) is 97.0 cm³/mol. The predicted octanol–water partition coefficient (Wildman–Crippen LogP) is 7.95. The lowest BCUT2D eigenvalue weighted by Gasteiger charge is -2.16. The van der Waals surface area contributed by atoms with Gasteiger partial charge < -0.3 is 0 Å². The fourth-order valence-electron chi connectivity index (χ4n) is 3.07. The average Bonchev–Trinajstić information content (AvgIpc) is 2.71. The van der Waals surface area contributed by atoms with Gasteiger partial charge in [-0.2, -0.15) is 44.8 Å². The standard InChI is InChI=1S/C22H10F9N/c23-20(24,25)15-5-1-12(2-6-15)14-9-17(18(11-32)19(10-14)22(29,30)31)13-3-7-16(8-4-13)21(26,27)28/h1-10H. The van der Waals surface area contributed by atoms with Crippen molar-refractivity contribution in [2.75, 3.05) is 0 Å². The first kappa shape index (κ1) is 23.2. The second-order valence-electron chi connectivity index (χ2n) is 6.71. The molecular weight excluding hydrogens is 449 g/mol. The van der Waals surface area contributed by atoms with Gasteiger partial charge in [0.1, 0.15) is 6.07 Å². The molecule has 3 rings (SSSR count). The molecule has 0 unspecified atom stereocenters. The summed E-state index contributed by atoms with van der Waals surface area (Å²) in [6.45, 7) is 0. The van der Waals surface area contributed by atoms with Gasteiger partial charge in [0.2, 0.25) is 0 Å². The molecule has 0 heterocycles. The van der Waals surface area contributed by atoms with Crippen molar-refractivity contribution in [3.05, 3.63) is 82.9 Å². The molecule has 0 saturated carbocycles. The van der Waals surface area contributed by atoms with Gasteiger partial charge in [0, 0.05) is 5.56 Å². The zero-order valence-corrected chi connectivity index (χ0v) is 15.6. The first-order valence-corrected chi connectivity index (χ1v) is 8.72. The van der Waals surface area contributed by atoms with E-state index in [1.165, 1.54) is 6.07 Å². The third-order valence-electron chi connectivity index (χ3n) is 4.62. The van der Waals surface area contributed by atoms with Gasteiger partial charge in [-0.1, -0.05) is 24.3 Å². The molecule has 32 heavy (non-hydrogen) atoms. The van der Waals surface area contributed by atoms with Crippen molar-refractivity contribution in [1.82, 2.24) is 0 Å². The Morgan fingerprint density at radius 1 is 0.531 bits per heavy atom. The number of nitrogens with zero attached hydrogens (tertiary/aromatic N) is 1. The van der Waals surface area contributed by atoms with Gasteiger partial charge in [-0.15, -0.1) is 0 Å². The topological polar surface area (TPSA) is 23.8 Å². The number of alkyl halides is 9. The van der Waals surface area contributed by atoms with Crippen LogP contribution in [0.3, 0.4) is 0 Å². The van der Waals surface area contributed by atoms with Crippen LogP contribution < -0.4 is 0 Å². The van der Waals surface area contributed by atoms with Gasteiger partial charge in [0.15, 0.2) is 0 Å². The summed E-state index contributed by atoms with van der Waals surface area (Å²) in [4.78, 5) is 0. The second kappa shape index (κ2) is 7.89. The minimum absolute atomic E-state index is 0.00107. The fourth-order valence-corrected chi connectivity index (χ4v) is 3.07. The lowest BCUT2D eigenvalue weighted by molar-refractivity contribution is -0.138. The molecule has 0 aromatic heterocycles. The first-order valence-electron chi connectivity index (χ1n) is 8.72. The Kier molecular flexibility index (Phi) is 5.72. The highest BCUT2D eigenvalue weighted by Gasteiger charge is 2.36. The minimum Gasteiger partial charge on any atom is -0.192 e. The van der Waals surface area contributed by atoms with E-state index in [9.17, 15) is 44.8 Å². The van der Waals surface area contributed by atoms with Crippen molar-refractivity contribution in [3.8, 4) is 28.3 Å². The maximum atomic E-state index is 13.6. The maximum Gasteiger partial charge on any atom is 0.417 e. The highest BCUT2D eigenvalue weighted by atomic mass is 19.4. The Labute approximate surface area is 175 Å². The van der Waals surface area contributed by atoms with Gasteiger partial charge in [-0.3, -0.25) is 0 Å².